The van der Waals surface area contributed by atoms with Gasteiger partial charge in [-0.1, -0.05) is 46.0 Å². The van der Waals surface area contributed by atoms with Crippen LogP contribution >= 0.6 is 0 Å². The smallest absolute Gasteiger partial charge is 0.00924 e. The Labute approximate surface area is 126 Å². The third-order valence-electron chi connectivity index (χ3n) is 5.50. The fraction of sp³-hybridized carbons (Fsp3) is 1.00. The van der Waals surface area contributed by atoms with Crippen LogP contribution in [0.1, 0.15) is 71.6 Å². The molecule has 0 saturated heterocycles. The minimum atomic E-state index is 0.551. The van der Waals surface area contributed by atoms with E-state index in [0.717, 1.165) is 12.0 Å². The van der Waals surface area contributed by atoms with E-state index in [-0.39, 0.29) is 0 Å². The summed E-state index contributed by atoms with van der Waals surface area (Å²) in [6, 6.07) is 0.889. The second-order valence-corrected chi connectivity index (χ2v) is 7.94. The van der Waals surface area contributed by atoms with Gasteiger partial charge < -0.3 is 10.2 Å². The summed E-state index contributed by atoms with van der Waals surface area (Å²) in [5, 5.41) is 3.78. The maximum absolute atomic E-state index is 3.78. The van der Waals surface area contributed by atoms with E-state index >= 15 is 0 Å². The lowest BCUT2D eigenvalue weighted by molar-refractivity contribution is 0.0803. The lowest BCUT2D eigenvalue weighted by atomic mass is 9.78. The first kappa shape index (κ1) is 16.3. The molecule has 2 aliphatic rings. The SMILES string of the molecule is CC(C)CNCC1(CN(C)C2CCC2)CCCCCC1. The summed E-state index contributed by atoms with van der Waals surface area (Å²) in [5.41, 5.74) is 0.551. The highest BCUT2D eigenvalue weighted by Crippen LogP contribution is 2.37. The van der Waals surface area contributed by atoms with E-state index in [1.807, 2.05) is 0 Å². The van der Waals surface area contributed by atoms with Crippen LogP contribution < -0.4 is 5.32 Å². The Morgan fingerprint density at radius 2 is 1.70 bits per heavy atom. The van der Waals surface area contributed by atoms with Crippen molar-refractivity contribution in [1.82, 2.24) is 10.2 Å². The number of hydrogen-bond acceptors (Lipinski definition) is 2. The molecule has 0 aromatic rings. The van der Waals surface area contributed by atoms with Crippen molar-refractivity contribution in [2.45, 2.75) is 77.7 Å². The molecule has 0 unspecified atom stereocenters. The second-order valence-electron chi connectivity index (χ2n) is 7.94. The van der Waals surface area contributed by atoms with Crippen molar-refractivity contribution < 1.29 is 0 Å². The van der Waals surface area contributed by atoms with Crippen molar-refractivity contribution in [3.05, 3.63) is 0 Å². The van der Waals surface area contributed by atoms with Gasteiger partial charge >= 0.3 is 0 Å². The van der Waals surface area contributed by atoms with Gasteiger partial charge in [0.15, 0.2) is 0 Å². The van der Waals surface area contributed by atoms with Crippen LogP contribution in [0.5, 0.6) is 0 Å². The molecule has 0 bridgehead atoms. The molecule has 0 atom stereocenters. The largest absolute Gasteiger partial charge is 0.316 e. The molecule has 0 aliphatic heterocycles. The predicted molar refractivity (Wildman–Crippen MR) is 88.1 cm³/mol. The van der Waals surface area contributed by atoms with Crippen molar-refractivity contribution in [2.24, 2.45) is 11.3 Å². The Morgan fingerprint density at radius 1 is 1.05 bits per heavy atom. The molecule has 118 valence electrons. The van der Waals surface area contributed by atoms with Gasteiger partial charge in [-0.15, -0.1) is 0 Å². The summed E-state index contributed by atoms with van der Waals surface area (Å²) in [7, 11) is 2.37. The van der Waals surface area contributed by atoms with E-state index < -0.39 is 0 Å². The van der Waals surface area contributed by atoms with Crippen molar-refractivity contribution >= 4 is 0 Å². The van der Waals surface area contributed by atoms with Gasteiger partial charge in [-0.25, -0.2) is 0 Å². The molecule has 2 heteroatoms. The van der Waals surface area contributed by atoms with E-state index in [1.165, 1.54) is 77.4 Å². The van der Waals surface area contributed by atoms with Crippen LogP contribution in [-0.4, -0.2) is 37.6 Å². The maximum Gasteiger partial charge on any atom is 0.00924 e. The quantitative estimate of drug-likeness (QED) is 0.708. The van der Waals surface area contributed by atoms with E-state index in [4.69, 9.17) is 0 Å². The van der Waals surface area contributed by atoms with Crippen LogP contribution in [0.25, 0.3) is 0 Å². The topological polar surface area (TPSA) is 15.3 Å². The molecule has 2 saturated carbocycles. The molecular weight excluding hydrogens is 244 g/mol. The fourth-order valence-electron chi connectivity index (χ4n) is 3.98. The lowest BCUT2D eigenvalue weighted by Gasteiger charge is -2.43. The van der Waals surface area contributed by atoms with Gasteiger partial charge in [-0.2, -0.15) is 0 Å². The molecule has 2 aliphatic carbocycles. The summed E-state index contributed by atoms with van der Waals surface area (Å²) in [6.45, 7) is 8.36. The van der Waals surface area contributed by atoms with E-state index in [2.05, 4.69) is 31.1 Å². The average molecular weight is 280 g/mol. The highest BCUT2D eigenvalue weighted by Gasteiger charge is 2.34. The Hall–Kier alpha value is -0.0800. The average Bonchev–Trinajstić information content (AvgIpc) is 2.52. The standard InChI is InChI=1S/C18H36N2/c1-16(2)13-19-14-18(11-6-4-5-7-12-18)15-20(3)17-9-8-10-17/h16-17,19H,4-15H2,1-3H3. The Balaban J connectivity index is 1.90. The highest BCUT2D eigenvalue weighted by molar-refractivity contribution is 4.89. The van der Waals surface area contributed by atoms with E-state index in [0.29, 0.717) is 5.41 Å². The van der Waals surface area contributed by atoms with Gasteiger partial charge in [0.2, 0.25) is 0 Å². The fourth-order valence-corrected chi connectivity index (χ4v) is 3.98. The minimum Gasteiger partial charge on any atom is -0.316 e. The Morgan fingerprint density at radius 3 is 2.20 bits per heavy atom. The molecule has 0 aromatic carbocycles. The maximum atomic E-state index is 3.78. The zero-order valence-corrected chi connectivity index (χ0v) is 14.1. The molecule has 2 fully saturated rings. The third-order valence-corrected chi connectivity index (χ3v) is 5.50. The van der Waals surface area contributed by atoms with Crippen LogP contribution in [0.15, 0.2) is 0 Å². The molecule has 2 nitrogen and oxygen atoms in total. The number of hydrogen-bond donors (Lipinski definition) is 1. The normalized spacial score (nSPS) is 23.9. The second kappa shape index (κ2) is 7.79. The van der Waals surface area contributed by atoms with Gasteiger partial charge in [0.05, 0.1) is 0 Å². The van der Waals surface area contributed by atoms with E-state index in [9.17, 15) is 0 Å². The number of rotatable bonds is 7. The summed E-state index contributed by atoms with van der Waals surface area (Å²) in [5.74, 6) is 0.766. The predicted octanol–water partition coefficient (Wildman–Crippen LogP) is 4.06. The Bertz CT molecular complexity index is 263. The van der Waals surface area contributed by atoms with Crippen LogP contribution in [0.4, 0.5) is 0 Å². The van der Waals surface area contributed by atoms with Crippen LogP contribution in [0.2, 0.25) is 0 Å². The van der Waals surface area contributed by atoms with Crippen LogP contribution in [0.3, 0.4) is 0 Å². The van der Waals surface area contributed by atoms with Gasteiger partial charge in [0, 0.05) is 19.1 Å². The molecule has 0 aromatic heterocycles. The monoisotopic (exact) mass is 280 g/mol. The van der Waals surface area contributed by atoms with E-state index in [1.54, 1.807) is 0 Å². The molecule has 2 rings (SSSR count). The molecular formula is C18H36N2. The molecule has 0 amide bonds. The Kier molecular flexibility index (Phi) is 6.35. The zero-order chi connectivity index (χ0) is 14.4. The summed E-state index contributed by atoms with van der Waals surface area (Å²) in [6.07, 6.45) is 13.0. The van der Waals surface area contributed by atoms with Gasteiger partial charge in [0.25, 0.3) is 0 Å². The molecule has 0 radical (unpaired) electrons. The number of nitrogens with one attached hydrogen (secondary N) is 1. The van der Waals surface area contributed by atoms with Gasteiger partial charge in [0.1, 0.15) is 0 Å². The first-order valence-electron chi connectivity index (χ1n) is 9.02. The van der Waals surface area contributed by atoms with Gasteiger partial charge in [-0.3, -0.25) is 0 Å². The van der Waals surface area contributed by atoms with Crippen molar-refractivity contribution in [2.75, 3.05) is 26.7 Å². The first-order valence-corrected chi connectivity index (χ1v) is 9.02. The van der Waals surface area contributed by atoms with Crippen LogP contribution in [0, 0.1) is 11.3 Å². The number of nitrogens with zero attached hydrogens (tertiary/aromatic N) is 1. The van der Waals surface area contributed by atoms with Crippen LogP contribution in [-0.2, 0) is 0 Å². The summed E-state index contributed by atoms with van der Waals surface area (Å²) < 4.78 is 0. The minimum absolute atomic E-state index is 0.551. The first-order chi connectivity index (χ1) is 9.61. The molecule has 0 spiro atoms. The lowest BCUT2D eigenvalue weighted by Crippen LogP contribution is -2.48. The van der Waals surface area contributed by atoms with Crippen molar-refractivity contribution in [3.63, 3.8) is 0 Å². The zero-order valence-electron chi connectivity index (χ0n) is 14.1. The van der Waals surface area contributed by atoms with Gasteiger partial charge in [-0.05, 0) is 50.6 Å². The third kappa shape index (κ3) is 4.73. The molecule has 0 heterocycles. The molecule has 1 N–H and O–H groups in total. The van der Waals surface area contributed by atoms with Crippen molar-refractivity contribution in [1.29, 1.82) is 0 Å². The summed E-state index contributed by atoms with van der Waals surface area (Å²) in [4.78, 5) is 2.69. The highest BCUT2D eigenvalue weighted by atomic mass is 15.1. The molecule has 20 heavy (non-hydrogen) atoms. The summed E-state index contributed by atoms with van der Waals surface area (Å²) >= 11 is 0. The van der Waals surface area contributed by atoms with Crippen molar-refractivity contribution in [3.8, 4) is 0 Å².